The van der Waals surface area contributed by atoms with E-state index < -0.39 is 5.91 Å². The Bertz CT molecular complexity index is 1040. The van der Waals surface area contributed by atoms with Crippen molar-refractivity contribution in [3.05, 3.63) is 45.8 Å². The first-order valence-corrected chi connectivity index (χ1v) is 12.6. The Hall–Kier alpha value is -2.45. The molecule has 0 aliphatic heterocycles. The Kier molecular flexibility index (Phi) is 8.13. The van der Waals surface area contributed by atoms with Crippen molar-refractivity contribution in [3.63, 3.8) is 0 Å². The number of rotatable bonds is 7. The number of carbonyl (C=O) groups is 2. The number of anilines is 1. The van der Waals surface area contributed by atoms with Crippen LogP contribution in [0.2, 0.25) is 0 Å². The van der Waals surface area contributed by atoms with Crippen LogP contribution in [0.5, 0.6) is 5.75 Å². The highest BCUT2D eigenvalue weighted by Crippen LogP contribution is 2.44. The molecule has 1 aromatic carbocycles. The fourth-order valence-electron chi connectivity index (χ4n) is 4.04. The molecule has 1 atom stereocenters. The third-order valence-electron chi connectivity index (χ3n) is 6.05. The molecule has 0 spiro atoms. The predicted molar refractivity (Wildman–Crippen MR) is 138 cm³/mol. The van der Waals surface area contributed by atoms with Gasteiger partial charge in [0.15, 0.2) is 5.11 Å². The Balaban J connectivity index is 1.71. The van der Waals surface area contributed by atoms with Crippen LogP contribution in [0.25, 0.3) is 0 Å². The molecule has 1 aliphatic carbocycles. The van der Waals surface area contributed by atoms with Crippen LogP contribution in [-0.4, -0.2) is 23.5 Å². The average Bonchev–Trinajstić information content (AvgIpc) is 3.10. The van der Waals surface area contributed by atoms with Crippen molar-refractivity contribution in [3.8, 4) is 5.75 Å². The maximum absolute atomic E-state index is 12.7. The molecule has 8 heteroatoms. The van der Waals surface area contributed by atoms with Gasteiger partial charge in [0.25, 0.3) is 11.8 Å². The summed E-state index contributed by atoms with van der Waals surface area (Å²) < 4.78 is 5.68. The summed E-state index contributed by atoms with van der Waals surface area (Å²) in [6.07, 6.45) is 4.74. The third-order valence-corrected chi connectivity index (χ3v) is 7.43. The molecule has 0 bridgehead atoms. The summed E-state index contributed by atoms with van der Waals surface area (Å²) >= 11 is 6.88. The van der Waals surface area contributed by atoms with Crippen molar-refractivity contribution in [2.45, 2.75) is 59.8 Å². The second kappa shape index (κ2) is 10.7. The van der Waals surface area contributed by atoms with E-state index in [0.29, 0.717) is 34.4 Å². The lowest BCUT2D eigenvalue weighted by Gasteiger charge is -2.33. The number of nitrogens with one attached hydrogen (secondary N) is 2. The summed E-state index contributed by atoms with van der Waals surface area (Å²) in [7, 11) is 0. The molecular weight excluding hydrogens is 454 g/mol. The monoisotopic (exact) mass is 487 g/mol. The van der Waals surface area contributed by atoms with Gasteiger partial charge in [-0.2, -0.15) is 0 Å². The highest BCUT2D eigenvalue weighted by Gasteiger charge is 2.33. The minimum atomic E-state index is -0.477. The number of benzene rings is 1. The summed E-state index contributed by atoms with van der Waals surface area (Å²) in [6, 6.07) is 6.99. The third kappa shape index (κ3) is 6.32. The molecule has 1 heterocycles. The molecule has 0 fully saturated rings. The van der Waals surface area contributed by atoms with Crippen LogP contribution >= 0.6 is 23.6 Å². The molecule has 4 N–H and O–H groups in total. The molecule has 3 rings (SSSR count). The number of thiocarbonyl (C=S) groups is 1. The van der Waals surface area contributed by atoms with Crippen LogP contribution in [0.4, 0.5) is 5.00 Å². The molecular formula is C25H33N3O3S2. The van der Waals surface area contributed by atoms with E-state index in [2.05, 4.69) is 38.3 Å². The number of hydrogen-bond acceptors (Lipinski definition) is 5. The molecule has 1 aromatic heterocycles. The van der Waals surface area contributed by atoms with Crippen LogP contribution in [0, 0.1) is 11.3 Å². The van der Waals surface area contributed by atoms with Gasteiger partial charge in [0.05, 0.1) is 12.2 Å². The zero-order valence-electron chi connectivity index (χ0n) is 19.7. The molecule has 2 aromatic rings. The summed E-state index contributed by atoms with van der Waals surface area (Å²) in [5, 5.41) is 6.48. The van der Waals surface area contributed by atoms with Gasteiger partial charge in [-0.05, 0) is 73.0 Å². The zero-order chi connectivity index (χ0) is 24.2. The summed E-state index contributed by atoms with van der Waals surface area (Å²) in [5.74, 6) is 0.361. The van der Waals surface area contributed by atoms with Crippen molar-refractivity contribution in [2.75, 3.05) is 11.9 Å². The first-order valence-electron chi connectivity index (χ1n) is 11.4. The van der Waals surface area contributed by atoms with E-state index in [1.54, 1.807) is 18.2 Å². The molecule has 6 nitrogen and oxygen atoms in total. The van der Waals surface area contributed by atoms with Gasteiger partial charge in [-0.15, -0.1) is 11.3 Å². The van der Waals surface area contributed by atoms with E-state index in [0.717, 1.165) is 37.7 Å². The van der Waals surface area contributed by atoms with Crippen LogP contribution in [0.3, 0.4) is 0 Å². The number of primary amides is 1. The molecule has 1 aliphatic rings. The van der Waals surface area contributed by atoms with Gasteiger partial charge in [-0.3, -0.25) is 14.9 Å². The standard InChI is InChI=1S/C25H33N3O3S2/c1-5-6-12-31-17-9-7-8-15(13-17)22(30)27-24(32)28-23-20(21(26)29)18-11-10-16(25(2,3)4)14-19(18)33-23/h7-9,13,16H,5-6,10-12,14H2,1-4H3,(H2,26,29)(H2,27,28,30,32). The van der Waals surface area contributed by atoms with E-state index in [1.165, 1.54) is 16.2 Å². The fourth-order valence-corrected chi connectivity index (χ4v) is 5.64. The van der Waals surface area contributed by atoms with Gasteiger partial charge in [-0.1, -0.05) is 40.2 Å². The predicted octanol–water partition coefficient (Wildman–Crippen LogP) is 5.30. The smallest absolute Gasteiger partial charge is 0.257 e. The van der Waals surface area contributed by atoms with Gasteiger partial charge in [0.2, 0.25) is 0 Å². The normalized spacial score (nSPS) is 15.5. The van der Waals surface area contributed by atoms with E-state index in [1.807, 2.05) is 6.07 Å². The molecule has 1 unspecified atom stereocenters. The Morgan fingerprint density at radius 2 is 2.06 bits per heavy atom. The quantitative estimate of drug-likeness (QED) is 0.364. The molecule has 0 saturated heterocycles. The molecule has 33 heavy (non-hydrogen) atoms. The maximum Gasteiger partial charge on any atom is 0.257 e. The molecule has 178 valence electrons. The second-order valence-electron chi connectivity index (χ2n) is 9.52. The maximum atomic E-state index is 12.7. The van der Waals surface area contributed by atoms with Gasteiger partial charge in [-0.25, -0.2) is 0 Å². The minimum absolute atomic E-state index is 0.130. The largest absolute Gasteiger partial charge is 0.494 e. The summed E-state index contributed by atoms with van der Waals surface area (Å²) in [4.78, 5) is 26.1. The van der Waals surface area contributed by atoms with Gasteiger partial charge < -0.3 is 15.8 Å². The number of fused-ring (bicyclic) bond motifs is 1. The second-order valence-corrected chi connectivity index (χ2v) is 11.0. The van der Waals surface area contributed by atoms with Gasteiger partial charge >= 0.3 is 0 Å². The Morgan fingerprint density at radius 3 is 2.73 bits per heavy atom. The van der Waals surface area contributed by atoms with E-state index in [-0.39, 0.29) is 16.4 Å². The summed E-state index contributed by atoms with van der Waals surface area (Å²) in [5.41, 5.74) is 7.87. The minimum Gasteiger partial charge on any atom is -0.494 e. The van der Waals surface area contributed by atoms with Crippen molar-refractivity contribution in [1.82, 2.24) is 5.32 Å². The number of hydrogen-bond donors (Lipinski definition) is 3. The highest BCUT2D eigenvalue weighted by molar-refractivity contribution is 7.80. The first kappa shape index (κ1) is 25.2. The number of thiophene rings is 1. The van der Waals surface area contributed by atoms with Crippen LogP contribution in [-0.2, 0) is 12.8 Å². The molecule has 2 amide bonds. The molecule has 0 saturated carbocycles. The van der Waals surface area contributed by atoms with Crippen molar-refractivity contribution < 1.29 is 14.3 Å². The zero-order valence-corrected chi connectivity index (χ0v) is 21.4. The Labute approximate surface area is 205 Å². The lowest BCUT2D eigenvalue weighted by Crippen LogP contribution is -2.34. The Morgan fingerprint density at radius 1 is 1.30 bits per heavy atom. The number of ether oxygens (including phenoxy) is 1. The fraction of sp³-hybridized carbons (Fsp3) is 0.480. The van der Waals surface area contributed by atoms with Crippen molar-refractivity contribution >= 4 is 45.5 Å². The van der Waals surface area contributed by atoms with E-state index in [4.69, 9.17) is 22.7 Å². The van der Waals surface area contributed by atoms with Gasteiger partial charge in [0.1, 0.15) is 10.8 Å². The van der Waals surface area contributed by atoms with Crippen molar-refractivity contribution in [1.29, 1.82) is 0 Å². The average molecular weight is 488 g/mol. The van der Waals surface area contributed by atoms with Gasteiger partial charge in [0, 0.05) is 10.4 Å². The topological polar surface area (TPSA) is 93.4 Å². The summed E-state index contributed by atoms with van der Waals surface area (Å²) in [6.45, 7) is 9.45. The van der Waals surface area contributed by atoms with E-state index in [9.17, 15) is 9.59 Å². The van der Waals surface area contributed by atoms with Crippen LogP contribution < -0.4 is 21.1 Å². The molecule has 0 radical (unpaired) electrons. The van der Waals surface area contributed by atoms with Crippen molar-refractivity contribution in [2.24, 2.45) is 17.1 Å². The number of amides is 2. The van der Waals surface area contributed by atoms with E-state index >= 15 is 0 Å². The first-order chi connectivity index (χ1) is 15.6. The van der Waals surface area contributed by atoms with Crippen LogP contribution in [0.1, 0.15) is 78.1 Å². The van der Waals surface area contributed by atoms with Crippen LogP contribution in [0.15, 0.2) is 24.3 Å². The number of unbranched alkanes of at least 4 members (excludes halogenated alkanes) is 1. The number of carbonyl (C=O) groups excluding carboxylic acids is 2. The SMILES string of the molecule is CCCCOc1cccc(C(=O)NC(=S)Nc2sc3c(c2C(N)=O)CCC(C(C)(C)C)C3)c1. The number of nitrogens with two attached hydrogens (primary N) is 1. The lowest BCUT2D eigenvalue weighted by molar-refractivity contribution is 0.0975. The lowest BCUT2D eigenvalue weighted by atomic mass is 9.72. The highest BCUT2D eigenvalue weighted by atomic mass is 32.1.